The van der Waals surface area contributed by atoms with Crippen molar-refractivity contribution in [1.29, 1.82) is 0 Å². The summed E-state index contributed by atoms with van der Waals surface area (Å²) >= 11 is 3.54. The summed E-state index contributed by atoms with van der Waals surface area (Å²) in [6.07, 6.45) is 1.74. The molecule has 0 aliphatic heterocycles. The van der Waals surface area contributed by atoms with Gasteiger partial charge in [0.05, 0.1) is 0 Å². The first-order chi connectivity index (χ1) is 9.65. The fraction of sp³-hybridized carbons (Fsp3) is 0.0625. The third-order valence-corrected chi connectivity index (χ3v) is 3.83. The van der Waals surface area contributed by atoms with Crippen molar-refractivity contribution in [3.8, 4) is 11.6 Å². The monoisotopic (exact) mass is 328 g/mol. The van der Waals surface area contributed by atoms with Gasteiger partial charge in [-0.3, -0.25) is 0 Å². The van der Waals surface area contributed by atoms with Crippen LogP contribution in [-0.4, -0.2) is 4.98 Å². The molecule has 20 heavy (non-hydrogen) atoms. The Morgan fingerprint density at radius 2 is 1.95 bits per heavy atom. The normalized spacial score (nSPS) is 10.7. The number of nitrogen functional groups attached to an aromatic ring is 1. The lowest BCUT2D eigenvalue weighted by Crippen LogP contribution is -1.93. The molecule has 1 aromatic heterocycles. The number of benzene rings is 2. The van der Waals surface area contributed by atoms with Crippen molar-refractivity contribution in [3.63, 3.8) is 0 Å². The van der Waals surface area contributed by atoms with E-state index in [1.807, 2.05) is 49.4 Å². The lowest BCUT2D eigenvalue weighted by molar-refractivity contribution is 0.466. The molecule has 2 aromatic carbocycles. The van der Waals surface area contributed by atoms with Crippen LogP contribution in [-0.2, 0) is 0 Å². The number of nitrogens with zero attached hydrogens (tertiary/aromatic N) is 1. The first-order valence-corrected chi connectivity index (χ1v) is 7.01. The highest BCUT2D eigenvalue weighted by molar-refractivity contribution is 9.10. The van der Waals surface area contributed by atoms with E-state index in [1.165, 1.54) is 0 Å². The van der Waals surface area contributed by atoms with E-state index >= 15 is 0 Å². The first kappa shape index (κ1) is 12.9. The van der Waals surface area contributed by atoms with Crippen molar-refractivity contribution >= 4 is 32.4 Å². The SMILES string of the molecule is Cc1ccc(N)cc1Oc1nccc2c(Br)cccc12. The summed E-state index contributed by atoms with van der Waals surface area (Å²) in [5.41, 5.74) is 7.50. The lowest BCUT2D eigenvalue weighted by atomic mass is 10.1. The lowest BCUT2D eigenvalue weighted by Gasteiger charge is -2.11. The average Bonchev–Trinajstić information content (AvgIpc) is 2.44. The molecule has 100 valence electrons. The number of halogens is 1. The van der Waals surface area contributed by atoms with Crippen molar-refractivity contribution in [3.05, 3.63) is 58.7 Å². The van der Waals surface area contributed by atoms with Crippen LogP contribution in [0.3, 0.4) is 0 Å². The van der Waals surface area contributed by atoms with Crippen LogP contribution in [0.5, 0.6) is 11.6 Å². The summed E-state index contributed by atoms with van der Waals surface area (Å²) < 4.78 is 6.97. The highest BCUT2D eigenvalue weighted by Crippen LogP contribution is 2.33. The zero-order valence-electron chi connectivity index (χ0n) is 10.9. The summed E-state index contributed by atoms with van der Waals surface area (Å²) in [7, 11) is 0. The number of aryl methyl sites for hydroxylation is 1. The zero-order valence-corrected chi connectivity index (χ0v) is 12.5. The molecule has 4 heteroatoms. The fourth-order valence-electron chi connectivity index (χ4n) is 2.05. The van der Waals surface area contributed by atoms with Gasteiger partial charge in [-0.1, -0.05) is 28.1 Å². The number of hydrogen-bond acceptors (Lipinski definition) is 3. The molecule has 0 saturated heterocycles. The summed E-state index contributed by atoms with van der Waals surface area (Å²) in [5.74, 6) is 1.31. The minimum absolute atomic E-state index is 0.581. The van der Waals surface area contributed by atoms with Crippen LogP contribution in [0.2, 0.25) is 0 Å². The van der Waals surface area contributed by atoms with Crippen LogP contribution >= 0.6 is 15.9 Å². The second-order valence-electron chi connectivity index (χ2n) is 4.58. The van der Waals surface area contributed by atoms with E-state index in [1.54, 1.807) is 6.20 Å². The number of nitrogens with two attached hydrogens (primary N) is 1. The van der Waals surface area contributed by atoms with Gasteiger partial charge >= 0.3 is 0 Å². The molecular weight excluding hydrogens is 316 g/mol. The van der Waals surface area contributed by atoms with Crippen LogP contribution < -0.4 is 10.5 Å². The number of pyridine rings is 1. The molecule has 0 atom stereocenters. The maximum absolute atomic E-state index is 5.95. The van der Waals surface area contributed by atoms with Crippen LogP contribution in [0.15, 0.2) is 53.1 Å². The maximum Gasteiger partial charge on any atom is 0.227 e. The molecule has 0 aliphatic rings. The molecule has 0 aliphatic carbocycles. The molecular formula is C16H13BrN2O. The topological polar surface area (TPSA) is 48.1 Å². The second-order valence-corrected chi connectivity index (χ2v) is 5.43. The quantitative estimate of drug-likeness (QED) is 0.695. The van der Waals surface area contributed by atoms with Gasteiger partial charge in [0.25, 0.3) is 0 Å². The molecule has 0 fully saturated rings. The van der Waals surface area contributed by atoms with Gasteiger partial charge < -0.3 is 10.5 Å². The number of anilines is 1. The van der Waals surface area contributed by atoms with E-state index in [4.69, 9.17) is 10.5 Å². The number of ether oxygens (including phenoxy) is 1. The average molecular weight is 329 g/mol. The van der Waals surface area contributed by atoms with Gasteiger partial charge in [0.1, 0.15) is 5.75 Å². The zero-order chi connectivity index (χ0) is 14.1. The maximum atomic E-state index is 5.95. The minimum atomic E-state index is 0.581. The van der Waals surface area contributed by atoms with Gasteiger partial charge in [0, 0.05) is 33.2 Å². The van der Waals surface area contributed by atoms with E-state index in [0.29, 0.717) is 11.6 Å². The number of hydrogen-bond donors (Lipinski definition) is 1. The molecule has 1 heterocycles. The van der Waals surface area contributed by atoms with E-state index < -0.39 is 0 Å². The van der Waals surface area contributed by atoms with Crippen molar-refractivity contribution in [2.45, 2.75) is 6.92 Å². The predicted octanol–water partition coefficient (Wildman–Crippen LogP) is 4.68. The molecule has 0 bridgehead atoms. The molecule has 2 N–H and O–H groups in total. The number of fused-ring (bicyclic) bond motifs is 1. The summed E-state index contributed by atoms with van der Waals surface area (Å²) in [4.78, 5) is 4.33. The minimum Gasteiger partial charge on any atom is -0.438 e. The second kappa shape index (κ2) is 5.13. The Hall–Kier alpha value is -2.07. The molecule has 0 amide bonds. The molecule has 0 saturated carbocycles. The first-order valence-electron chi connectivity index (χ1n) is 6.22. The number of rotatable bonds is 2. The van der Waals surface area contributed by atoms with Gasteiger partial charge in [-0.05, 0) is 36.8 Å². The van der Waals surface area contributed by atoms with Crippen molar-refractivity contribution in [2.24, 2.45) is 0 Å². The standard InChI is InChI=1S/C16H13BrN2O/c1-10-5-6-11(18)9-15(10)20-16-13-3-2-4-14(17)12(13)7-8-19-16/h2-9H,18H2,1H3. The van der Waals surface area contributed by atoms with Crippen molar-refractivity contribution in [1.82, 2.24) is 4.98 Å². The molecule has 0 spiro atoms. The van der Waals surface area contributed by atoms with Crippen molar-refractivity contribution in [2.75, 3.05) is 5.73 Å². The van der Waals surface area contributed by atoms with Gasteiger partial charge in [-0.2, -0.15) is 0 Å². The van der Waals surface area contributed by atoms with Crippen molar-refractivity contribution < 1.29 is 4.74 Å². The van der Waals surface area contributed by atoms with Gasteiger partial charge in [0.15, 0.2) is 0 Å². The Morgan fingerprint density at radius 1 is 1.10 bits per heavy atom. The smallest absolute Gasteiger partial charge is 0.227 e. The summed E-state index contributed by atoms with van der Waals surface area (Å²) in [5, 5.41) is 2.03. The van der Waals surface area contributed by atoms with Gasteiger partial charge in [-0.25, -0.2) is 4.98 Å². The fourth-order valence-corrected chi connectivity index (χ4v) is 2.55. The van der Waals surface area contributed by atoms with Gasteiger partial charge in [0.2, 0.25) is 5.88 Å². The highest BCUT2D eigenvalue weighted by Gasteiger charge is 2.08. The molecule has 0 unspecified atom stereocenters. The van der Waals surface area contributed by atoms with E-state index in [9.17, 15) is 0 Å². The van der Waals surface area contributed by atoms with Gasteiger partial charge in [-0.15, -0.1) is 0 Å². The Bertz CT molecular complexity index is 787. The third-order valence-electron chi connectivity index (χ3n) is 3.14. The molecule has 3 rings (SSSR count). The van der Waals surface area contributed by atoms with E-state index in [-0.39, 0.29) is 0 Å². The molecule has 0 radical (unpaired) electrons. The predicted molar refractivity (Wildman–Crippen MR) is 85.1 cm³/mol. The molecule has 3 aromatic rings. The van der Waals surface area contributed by atoms with E-state index in [0.717, 1.165) is 26.6 Å². The Balaban J connectivity index is 2.11. The number of aromatic nitrogens is 1. The van der Waals surface area contributed by atoms with Crippen LogP contribution in [0.25, 0.3) is 10.8 Å². The highest BCUT2D eigenvalue weighted by atomic mass is 79.9. The largest absolute Gasteiger partial charge is 0.438 e. The Kier molecular flexibility index (Phi) is 3.32. The Morgan fingerprint density at radius 3 is 2.80 bits per heavy atom. The van der Waals surface area contributed by atoms with Crippen LogP contribution in [0.1, 0.15) is 5.56 Å². The van der Waals surface area contributed by atoms with Crippen LogP contribution in [0.4, 0.5) is 5.69 Å². The van der Waals surface area contributed by atoms with E-state index in [2.05, 4.69) is 20.9 Å². The molecule has 3 nitrogen and oxygen atoms in total. The van der Waals surface area contributed by atoms with Crippen LogP contribution in [0, 0.1) is 6.92 Å². The third kappa shape index (κ3) is 2.34. The summed E-state index contributed by atoms with van der Waals surface area (Å²) in [6.45, 7) is 1.98. The Labute approximate surface area is 125 Å². The summed E-state index contributed by atoms with van der Waals surface area (Å²) in [6, 6.07) is 13.5.